The molecule has 8 aliphatic rings. The van der Waals surface area contributed by atoms with Crippen LogP contribution in [0.2, 0.25) is 0 Å². The van der Waals surface area contributed by atoms with Gasteiger partial charge in [-0.1, -0.05) is 26.7 Å². The number of fused-ring (bicyclic) bond motifs is 1. The lowest BCUT2D eigenvalue weighted by Gasteiger charge is -2.36. The van der Waals surface area contributed by atoms with E-state index in [0.717, 1.165) is 119 Å². The van der Waals surface area contributed by atoms with Crippen LogP contribution in [-0.4, -0.2) is 207 Å². The molecular formula is C63H94F3N11O7. The van der Waals surface area contributed by atoms with Crippen LogP contribution >= 0.6 is 0 Å². The van der Waals surface area contributed by atoms with Crippen LogP contribution in [0.5, 0.6) is 0 Å². The number of halogens is 3. The SMILES string of the molecule is CCN(CC1CCN(C(C(=O)NC(C)C(=O)N2CCCCN2)C2CCCC2)C1)C(=O)C1C(C2CC2)N1C.COC(C)c1ncc(N2CCN(C3CC3)CC2)cc1-c1c(CC(C)(C)COC=O)c2cc(N3CCOCC3)ccc2n1CC(F)(F)F. The highest BCUT2D eigenvalue weighted by atomic mass is 19.4. The zero-order valence-corrected chi connectivity index (χ0v) is 51.0. The fourth-order valence-electron chi connectivity index (χ4n) is 14.4. The number of hydrogen-bond donors (Lipinski definition) is 2. The Kier molecular flexibility index (Phi) is 19.9. The smallest absolute Gasteiger partial charge is 0.406 e. The van der Waals surface area contributed by atoms with Gasteiger partial charge in [0.15, 0.2) is 0 Å². The summed E-state index contributed by atoms with van der Waals surface area (Å²) in [6, 6.07) is 8.23. The number of nitrogens with one attached hydrogen (secondary N) is 2. The van der Waals surface area contributed by atoms with E-state index in [9.17, 15) is 32.3 Å². The molecule has 8 fully saturated rings. The number of rotatable bonds is 22. The number of ether oxygens (including phenoxy) is 3. The second-order valence-corrected chi connectivity index (χ2v) is 26.1. The lowest BCUT2D eigenvalue weighted by molar-refractivity contribution is -0.141. The van der Waals surface area contributed by atoms with Crippen molar-refractivity contribution in [2.45, 2.75) is 161 Å². The van der Waals surface area contributed by atoms with Crippen molar-refractivity contribution in [3.05, 3.63) is 41.7 Å². The first-order chi connectivity index (χ1) is 40.4. The van der Waals surface area contributed by atoms with Crippen molar-refractivity contribution in [1.82, 2.24) is 44.9 Å². The van der Waals surface area contributed by atoms with E-state index < -0.39 is 30.3 Å². The lowest BCUT2D eigenvalue weighted by Crippen LogP contribution is -2.58. The largest absolute Gasteiger partial charge is 0.467 e. The van der Waals surface area contributed by atoms with Crippen molar-refractivity contribution >= 4 is 46.5 Å². The van der Waals surface area contributed by atoms with Crippen molar-refractivity contribution in [1.29, 1.82) is 0 Å². The minimum Gasteiger partial charge on any atom is -0.467 e. The van der Waals surface area contributed by atoms with E-state index in [1.54, 1.807) is 12.1 Å². The molecule has 11 rings (SSSR count). The molecule has 18 nitrogen and oxygen atoms in total. The van der Waals surface area contributed by atoms with Gasteiger partial charge in [0.25, 0.3) is 12.4 Å². The summed E-state index contributed by atoms with van der Waals surface area (Å²) >= 11 is 0. The van der Waals surface area contributed by atoms with E-state index in [1.165, 1.54) is 43.1 Å². The number of likely N-dealkylation sites (N-methyl/N-ethyl adjacent to an activating group) is 2. The van der Waals surface area contributed by atoms with Crippen LogP contribution in [-0.2, 0) is 46.4 Å². The molecule has 0 spiro atoms. The fourth-order valence-corrected chi connectivity index (χ4v) is 14.4. The highest BCUT2D eigenvalue weighted by Gasteiger charge is 2.57. The number of pyridine rings is 1. The van der Waals surface area contributed by atoms with Crippen LogP contribution in [0.25, 0.3) is 22.2 Å². The lowest BCUT2D eigenvalue weighted by atomic mass is 9.84. The average Bonchev–Trinajstić information content (AvgIpc) is 1.75. The number of aromatic nitrogens is 2. The second-order valence-electron chi connectivity index (χ2n) is 26.1. The molecule has 464 valence electrons. The number of carbonyl (C=O) groups is 4. The van der Waals surface area contributed by atoms with Gasteiger partial charge in [-0.05, 0) is 146 Å². The van der Waals surface area contributed by atoms with Crippen molar-refractivity contribution in [3.8, 4) is 11.3 Å². The topological polar surface area (TPSA) is 160 Å². The molecule has 5 saturated heterocycles. The Labute approximate surface area is 495 Å². The predicted octanol–water partition coefficient (Wildman–Crippen LogP) is 7.28. The molecular weight excluding hydrogens is 1080 g/mol. The molecule has 3 amide bonds. The minimum absolute atomic E-state index is 0.000661. The summed E-state index contributed by atoms with van der Waals surface area (Å²) in [7, 11) is 3.68. The van der Waals surface area contributed by atoms with Gasteiger partial charge < -0.3 is 38.8 Å². The van der Waals surface area contributed by atoms with E-state index >= 15 is 0 Å². The third-order valence-electron chi connectivity index (χ3n) is 19.3. The number of hydrazine groups is 1. The molecule has 3 aromatic rings. The number of amides is 3. The second kappa shape index (κ2) is 26.9. The molecule has 2 N–H and O–H groups in total. The van der Waals surface area contributed by atoms with Gasteiger partial charge in [0.05, 0.1) is 55.2 Å². The third kappa shape index (κ3) is 14.7. The summed E-state index contributed by atoms with van der Waals surface area (Å²) in [6.07, 6.45) is 9.88. The Morgan fingerprint density at radius 2 is 1.63 bits per heavy atom. The summed E-state index contributed by atoms with van der Waals surface area (Å²) in [5, 5.41) is 5.50. The molecule has 21 heteroatoms. The van der Waals surface area contributed by atoms with Crippen LogP contribution in [0.3, 0.4) is 0 Å². The van der Waals surface area contributed by atoms with Gasteiger partial charge in [0.2, 0.25) is 11.8 Å². The highest BCUT2D eigenvalue weighted by molar-refractivity contribution is 5.95. The summed E-state index contributed by atoms with van der Waals surface area (Å²) < 4.78 is 61.4. The first-order valence-corrected chi connectivity index (χ1v) is 31.6. The Morgan fingerprint density at radius 1 is 0.905 bits per heavy atom. The summed E-state index contributed by atoms with van der Waals surface area (Å²) in [4.78, 5) is 69.6. The van der Waals surface area contributed by atoms with Crippen LogP contribution in [0.4, 0.5) is 24.5 Å². The molecule has 2 aromatic heterocycles. The molecule has 7 unspecified atom stereocenters. The fraction of sp³-hybridized carbons (Fsp3) is 0.730. The van der Waals surface area contributed by atoms with Crippen molar-refractivity contribution in [2.24, 2.45) is 23.2 Å². The van der Waals surface area contributed by atoms with Crippen LogP contribution in [0.15, 0.2) is 30.5 Å². The summed E-state index contributed by atoms with van der Waals surface area (Å²) in [6.45, 7) is 20.0. The Morgan fingerprint density at radius 3 is 2.27 bits per heavy atom. The molecule has 0 radical (unpaired) electrons. The number of benzene rings is 1. The minimum atomic E-state index is -4.48. The van der Waals surface area contributed by atoms with E-state index in [1.807, 2.05) is 58.2 Å². The zero-order chi connectivity index (χ0) is 59.5. The van der Waals surface area contributed by atoms with Crippen LogP contribution < -0.4 is 20.5 Å². The number of nitrogens with zero attached hydrogens (tertiary/aromatic N) is 9. The van der Waals surface area contributed by atoms with Gasteiger partial charge in [-0.15, -0.1) is 0 Å². The van der Waals surface area contributed by atoms with Crippen molar-refractivity contribution < 1.29 is 46.6 Å². The number of alkyl halides is 3. The van der Waals surface area contributed by atoms with Gasteiger partial charge in [-0.2, -0.15) is 13.2 Å². The van der Waals surface area contributed by atoms with Gasteiger partial charge >= 0.3 is 6.18 Å². The molecule has 1 aromatic carbocycles. The first kappa shape index (κ1) is 62.0. The van der Waals surface area contributed by atoms with Gasteiger partial charge in [0, 0.05) is 119 Å². The number of likely N-dealkylation sites (tertiary alicyclic amines) is 1. The molecule has 5 aliphatic heterocycles. The number of methoxy groups -OCH3 is 1. The number of piperazine rings is 1. The monoisotopic (exact) mass is 1170 g/mol. The number of carbonyl (C=O) groups excluding carboxylic acids is 4. The summed E-state index contributed by atoms with van der Waals surface area (Å²) in [5.74, 6) is 1.71. The molecule has 84 heavy (non-hydrogen) atoms. The predicted molar refractivity (Wildman–Crippen MR) is 318 cm³/mol. The zero-order valence-electron chi connectivity index (χ0n) is 51.0. The molecule has 7 atom stereocenters. The van der Waals surface area contributed by atoms with Crippen molar-refractivity contribution in [3.63, 3.8) is 0 Å². The maximum Gasteiger partial charge on any atom is 0.406 e. The quantitative estimate of drug-likeness (QED) is 0.0764. The highest BCUT2D eigenvalue weighted by Crippen LogP contribution is 2.47. The van der Waals surface area contributed by atoms with E-state index in [-0.39, 0.29) is 30.5 Å². The van der Waals surface area contributed by atoms with Gasteiger partial charge in [-0.25, -0.2) is 5.43 Å². The standard InChI is InChI=1S/C35H46F3N5O4.C28H48N6O3/c1-24(45-4)32-29(18-27(20-39-32)41-11-9-40(10-12-41)25-5-6-25)33-30(19-34(2,3)22-47-23-44)28-17-26(42-13-15-46-16-14-42)7-8-31(28)43(33)21-35(36,37)38;1-4-32(28(37)25-23(31(25)3)22-11-12-22)17-20-13-16-33(18-20)24(21-9-5-6-10-21)26(35)30-19(2)27(36)34-15-8-7-14-29-34/h7-8,17-18,20,23-25H,5-6,9-16,19,21-22H2,1-4H3;19-25,29H,4-18H2,1-3H3,(H,30,35). The van der Waals surface area contributed by atoms with Crippen molar-refractivity contribution in [2.75, 3.05) is 122 Å². The Hall–Kier alpha value is -5.06. The number of hydrogen-bond acceptors (Lipinski definition) is 14. The maximum absolute atomic E-state index is 14.5. The van der Waals surface area contributed by atoms with Crippen LogP contribution in [0.1, 0.15) is 123 Å². The van der Waals surface area contributed by atoms with Gasteiger partial charge in [-0.3, -0.25) is 43.9 Å². The van der Waals surface area contributed by atoms with E-state index in [2.05, 4.69) is 54.1 Å². The normalized spacial score (nSPS) is 24.8. The van der Waals surface area contributed by atoms with E-state index in [4.69, 9.17) is 19.2 Å². The Balaban J connectivity index is 0.000000193. The molecule has 7 heterocycles. The van der Waals surface area contributed by atoms with Gasteiger partial charge in [0.1, 0.15) is 18.6 Å². The van der Waals surface area contributed by atoms with E-state index in [0.29, 0.717) is 98.0 Å². The van der Waals surface area contributed by atoms with Crippen LogP contribution in [0, 0.1) is 23.2 Å². The summed E-state index contributed by atoms with van der Waals surface area (Å²) in [5.41, 5.74) is 7.35. The average molecular weight is 1170 g/mol. The third-order valence-corrected chi connectivity index (χ3v) is 19.3. The molecule has 0 bridgehead atoms. The maximum atomic E-state index is 14.5. The Bertz CT molecular complexity index is 2750. The number of anilines is 2. The first-order valence-electron chi connectivity index (χ1n) is 31.6. The molecule has 3 saturated carbocycles. The number of morpholine rings is 1. The molecule has 3 aliphatic carbocycles.